The van der Waals surface area contributed by atoms with Crippen LogP contribution >= 0.6 is 0 Å². The number of aromatic nitrogens is 1. The molecule has 17 heavy (non-hydrogen) atoms. The number of aromatic amines is 1. The van der Waals surface area contributed by atoms with Crippen LogP contribution in [0.15, 0.2) is 42.5 Å². The lowest BCUT2D eigenvalue weighted by atomic mass is 10.1. The van der Waals surface area contributed by atoms with Gasteiger partial charge in [-0.1, -0.05) is 43.7 Å². The maximum atomic E-state index is 3.49. The van der Waals surface area contributed by atoms with Crippen molar-refractivity contribution in [3.8, 4) is 0 Å². The molecule has 0 spiro atoms. The molecule has 0 aliphatic heterocycles. The van der Waals surface area contributed by atoms with Crippen LogP contribution in [0.25, 0.3) is 21.8 Å². The van der Waals surface area contributed by atoms with E-state index in [1.165, 1.54) is 46.6 Å². The third-order valence-electron chi connectivity index (χ3n) is 3.39. The quantitative estimate of drug-likeness (QED) is 0.664. The van der Waals surface area contributed by atoms with Gasteiger partial charge in [0.1, 0.15) is 0 Å². The smallest absolute Gasteiger partial charge is 0.0467 e. The Kier molecular flexibility index (Phi) is 2.60. The third kappa shape index (κ3) is 1.82. The third-order valence-corrected chi connectivity index (χ3v) is 3.39. The van der Waals surface area contributed by atoms with E-state index in [9.17, 15) is 0 Å². The molecular formula is C16H17N. The predicted molar refractivity (Wildman–Crippen MR) is 74.4 cm³/mol. The number of benzene rings is 2. The van der Waals surface area contributed by atoms with Crippen molar-refractivity contribution in [3.05, 3.63) is 48.0 Å². The van der Waals surface area contributed by atoms with Gasteiger partial charge in [-0.3, -0.25) is 0 Å². The normalized spacial score (nSPS) is 11.4. The predicted octanol–water partition coefficient (Wildman–Crippen LogP) is 4.66. The van der Waals surface area contributed by atoms with E-state index in [2.05, 4.69) is 54.4 Å². The molecule has 3 rings (SSSR count). The minimum Gasteiger partial charge on any atom is -0.355 e. The number of nitrogens with one attached hydrogen (secondary N) is 1. The fourth-order valence-electron chi connectivity index (χ4n) is 2.44. The maximum Gasteiger partial charge on any atom is 0.0467 e. The monoisotopic (exact) mass is 223 g/mol. The molecule has 0 amide bonds. The van der Waals surface area contributed by atoms with Gasteiger partial charge in [0.2, 0.25) is 0 Å². The number of unbranched alkanes of at least 4 members (excludes halogenated alkanes) is 1. The van der Waals surface area contributed by atoms with Crippen LogP contribution in [-0.2, 0) is 6.42 Å². The summed E-state index contributed by atoms with van der Waals surface area (Å²) in [5.41, 5.74) is 3.93. The average Bonchev–Trinajstić information content (AvgIpc) is 2.74. The van der Waals surface area contributed by atoms with Crippen molar-refractivity contribution in [2.45, 2.75) is 26.2 Å². The fourth-order valence-corrected chi connectivity index (χ4v) is 2.44. The van der Waals surface area contributed by atoms with Crippen LogP contribution in [0.5, 0.6) is 0 Å². The number of hydrogen-bond acceptors (Lipinski definition) is 0. The molecule has 1 N–H and O–H groups in total. The van der Waals surface area contributed by atoms with Gasteiger partial charge in [-0.2, -0.15) is 0 Å². The van der Waals surface area contributed by atoms with Crippen LogP contribution in [0, 0.1) is 0 Å². The molecule has 0 atom stereocenters. The van der Waals surface area contributed by atoms with Crippen LogP contribution < -0.4 is 0 Å². The first-order valence-corrected chi connectivity index (χ1v) is 6.38. The van der Waals surface area contributed by atoms with Crippen molar-refractivity contribution in [1.82, 2.24) is 4.98 Å². The van der Waals surface area contributed by atoms with E-state index in [-0.39, 0.29) is 0 Å². The highest BCUT2D eigenvalue weighted by Crippen LogP contribution is 2.26. The van der Waals surface area contributed by atoms with Gasteiger partial charge in [-0.15, -0.1) is 0 Å². The molecule has 2 aromatic carbocycles. The second kappa shape index (κ2) is 4.25. The largest absolute Gasteiger partial charge is 0.355 e. The zero-order valence-electron chi connectivity index (χ0n) is 10.2. The van der Waals surface area contributed by atoms with Crippen molar-refractivity contribution in [3.63, 3.8) is 0 Å². The molecule has 0 aliphatic rings. The first-order valence-electron chi connectivity index (χ1n) is 6.38. The number of H-pyrrole nitrogens is 1. The average molecular weight is 223 g/mol. The number of fused-ring (bicyclic) bond motifs is 3. The minimum absolute atomic E-state index is 1.18. The van der Waals surface area contributed by atoms with Gasteiger partial charge in [-0.25, -0.2) is 0 Å². The van der Waals surface area contributed by atoms with E-state index in [1.54, 1.807) is 0 Å². The molecule has 86 valence electrons. The second-order valence-electron chi connectivity index (χ2n) is 4.65. The molecule has 1 aromatic heterocycles. The molecule has 0 saturated heterocycles. The molecule has 0 fully saturated rings. The molecule has 1 heteroatoms. The van der Waals surface area contributed by atoms with Gasteiger partial charge in [-0.05, 0) is 30.5 Å². The van der Waals surface area contributed by atoms with Gasteiger partial charge in [0, 0.05) is 21.8 Å². The molecule has 0 radical (unpaired) electrons. The molecule has 0 bridgehead atoms. The Morgan fingerprint density at radius 2 is 1.76 bits per heavy atom. The number of rotatable bonds is 3. The zero-order chi connectivity index (χ0) is 11.7. The molecular weight excluding hydrogens is 206 g/mol. The van der Waals surface area contributed by atoms with E-state index in [0.29, 0.717) is 0 Å². The summed E-state index contributed by atoms with van der Waals surface area (Å²) in [6.07, 6.45) is 3.71. The van der Waals surface area contributed by atoms with Crippen LogP contribution in [0.4, 0.5) is 0 Å². The summed E-state index contributed by atoms with van der Waals surface area (Å²) in [5.74, 6) is 0. The summed E-state index contributed by atoms with van der Waals surface area (Å²) >= 11 is 0. The lowest BCUT2D eigenvalue weighted by molar-refractivity contribution is 0.796. The van der Waals surface area contributed by atoms with Gasteiger partial charge in [0.15, 0.2) is 0 Å². The van der Waals surface area contributed by atoms with Crippen LogP contribution in [-0.4, -0.2) is 4.98 Å². The zero-order valence-corrected chi connectivity index (χ0v) is 10.2. The van der Waals surface area contributed by atoms with Crippen LogP contribution in [0.2, 0.25) is 0 Å². The van der Waals surface area contributed by atoms with Gasteiger partial charge in [0.25, 0.3) is 0 Å². The van der Waals surface area contributed by atoms with Gasteiger partial charge >= 0.3 is 0 Å². The summed E-state index contributed by atoms with van der Waals surface area (Å²) in [6.45, 7) is 2.24. The molecule has 1 heterocycles. The van der Waals surface area contributed by atoms with E-state index >= 15 is 0 Å². The van der Waals surface area contributed by atoms with Crippen molar-refractivity contribution >= 4 is 21.8 Å². The highest BCUT2D eigenvalue weighted by Gasteiger charge is 2.03. The molecule has 0 aliphatic carbocycles. The fraction of sp³-hybridized carbons (Fsp3) is 0.250. The summed E-state index contributed by atoms with van der Waals surface area (Å²) in [6, 6.07) is 15.3. The summed E-state index contributed by atoms with van der Waals surface area (Å²) in [7, 11) is 0. The number of para-hydroxylation sites is 1. The Balaban J connectivity index is 2.13. The Morgan fingerprint density at radius 3 is 2.65 bits per heavy atom. The van der Waals surface area contributed by atoms with Crippen molar-refractivity contribution < 1.29 is 0 Å². The molecule has 0 unspecified atom stereocenters. The van der Waals surface area contributed by atoms with E-state index in [1.807, 2.05) is 0 Å². The van der Waals surface area contributed by atoms with Crippen LogP contribution in [0.3, 0.4) is 0 Å². The van der Waals surface area contributed by atoms with Crippen molar-refractivity contribution in [2.24, 2.45) is 0 Å². The summed E-state index contributed by atoms with van der Waals surface area (Å²) < 4.78 is 0. The Morgan fingerprint density at radius 1 is 0.941 bits per heavy atom. The minimum atomic E-state index is 1.18. The Labute approximate surface area is 101 Å². The molecule has 0 saturated carbocycles. The highest BCUT2D eigenvalue weighted by molar-refractivity contribution is 6.07. The van der Waals surface area contributed by atoms with Crippen LogP contribution in [0.1, 0.15) is 25.3 Å². The topological polar surface area (TPSA) is 15.8 Å². The SMILES string of the molecule is CCCCc1ccc2c(c1)[nH]c1ccccc12. The maximum absolute atomic E-state index is 3.49. The number of hydrogen-bond donors (Lipinski definition) is 1. The summed E-state index contributed by atoms with van der Waals surface area (Å²) in [5, 5.41) is 2.66. The Hall–Kier alpha value is -1.76. The lowest BCUT2D eigenvalue weighted by Crippen LogP contribution is -1.83. The van der Waals surface area contributed by atoms with Crippen molar-refractivity contribution in [1.29, 1.82) is 0 Å². The van der Waals surface area contributed by atoms with E-state index < -0.39 is 0 Å². The summed E-state index contributed by atoms with van der Waals surface area (Å²) in [4.78, 5) is 3.49. The standard InChI is InChI=1S/C16H17N/c1-2-3-6-12-9-10-14-13-7-4-5-8-15(13)17-16(14)11-12/h4-5,7-11,17H,2-3,6H2,1H3. The molecule has 1 nitrogen and oxygen atoms in total. The van der Waals surface area contributed by atoms with Gasteiger partial charge in [0.05, 0.1) is 0 Å². The first-order chi connectivity index (χ1) is 8.38. The second-order valence-corrected chi connectivity index (χ2v) is 4.65. The lowest BCUT2D eigenvalue weighted by Gasteiger charge is -1.99. The Bertz CT molecular complexity index is 649. The van der Waals surface area contributed by atoms with E-state index in [0.717, 1.165) is 0 Å². The number of aryl methyl sites for hydroxylation is 1. The highest BCUT2D eigenvalue weighted by atomic mass is 14.7. The van der Waals surface area contributed by atoms with Gasteiger partial charge < -0.3 is 4.98 Å². The van der Waals surface area contributed by atoms with Crippen molar-refractivity contribution in [2.75, 3.05) is 0 Å². The van der Waals surface area contributed by atoms with E-state index in [4.69, 9.17) is 0 Å². The molecule has 3 aromatic rings. The first kappa shape index (κ1) is 10.4.